The highest BCUT2D eigenvalue weighted by molar-refractivity contribution is 5.88. The molecule has 1 aliphatic rings. The summed E-state index contributed by atoms with van der Waals surface area (Å²) in [5, 5.41) is 2.70. The van der Waals surface area contributed by atoms with Crippen LogP contribution in [0.2, 0.25) is 0 Å². The number of carbonyl (C=O) groups is 2. The lowest BCUT2D eigenvalue weighted by molar-refractivity contribution is -0.131. The lowest BCUT2D eigenvalue weighted by Gasteiger charge is -2.15. The van der Waals surface area contributed by atoms with Gasteiger partial charge in [0.1, 0.15) is 0 Å². The first-order valence-electron chi connectivity index (χ1n) is 7.26. The Kier molecular flexibility index (Phi) is 3.92. The fourth-order valence-electron chi connectivity index (χ4n) is 2.54. The van der Waals surface area contributed by atoms with Crippen LogP contribution in [0.15, 0.2) is 30.5 Å². The molecular weight excluding hydrogens is 294 g/mol. The molecule has 0 fully saturated rings. The first-order chi connectivity index (χ1) is 11.0. The van der Waals surface area contributed by atoms with Gasteiger partial charge in [-0.3, -0.25) is 9.59 Å². The Labute approximate surface area is 133 Å². The maximum atomic E-state index is 12.4. The Morgan fingerprint density at radius 3 is 2.70 bits per heavy atom. The summed E-state index contributed by atoms with van der Waals surface area (Å²) in [4.78, 5) is 33.3. The molecule has 0 aliphatic carbocycles. The Morgan fingerprint density at radius 1 is 1.26 bits per heavy atom. The molecule has 0 atom stereocenters. The highest BCUT2D eigenvalue weighted by atomic mass is 16.2. The van der Waals surface area contributed by atoms with Crippen molar-refractivity contribution < 1.29 is 9.59 Å². The second kappa shape index (κ2) is 6.04. The minimum absolute atomic E-state index is 0.0221. The second-order valence-corrected chi connectivity index (χ2v) is 5.50. The van der Waals surface area contributed by atoms with Gasteiger partial charge in [0.05, 0.1) is 18.7 Å². The number of rotatable bonds is 3. The summed E-state index contributed by atoms with van der Waals surface area (Å²) < 4.78 is 0. The average Bonchev–Trinajstić information content (AvgIpc) is 2.92. The molecule has 1 aromatic heterocycles. The van der Waals surface area contributed by atoms with Gasteiger partial charge in [-0.15, -0.1) is 0 Å². The van der Waals surface area contributed by atoms with Crippen LogP contribution in [0, 0.1) is 0 Å². The lowest BCUT2D eigenvalue weighted by atomic mass is 10.1. The first-order valence-corrected chi connectivity index (χ1v) is 7.26. The zero-order chi connectivity index (χ0) is 16.4. The highest BCUT2D eigenvalue weighted by Gasteiger charge is 2.24. The van der Waals surface area contributed by atoms with E-state index in [2.05, 4.69) is 15.3 Å². The molecule has 0 bridgehead atoms. The van der Waals surface area contributed by atoms with Gasteiger partial charge in [-0.2, -0.15) is 0 Å². The van der Waals surface area contributed by atoms with Crippen LogP contribution >= 0.6 is 0 Å². The third kappa shape index (κ3) is 3.45. The summed E-state index contributed by atoms with van der Waals surface area (Å²) in [5.74, 6) is 0.129. The highest BCUT2D eigenvalue weighted by Crippen LogP contribution is 2.21. The summed E-state index contributed by atoms with van der Waals surface area (Å²) >= 11 is 0. The molecule has 0 radical (unpaired) electrons. The van der Waals surface area contributed by atoms with E-state index in [1.54, 1.807) is 23.2 Å². The van der Waals surface area contributed by atoms with Crippen LogP contribution in [0.25, 0.3) is 0 Å². The van der Waals surface area contributed by atoms with E-state index in [0.29, 0.717) is 25.2 Å². The summed E-state index contributed by atoms with van der Waals surface area (Å²) in [5.41, 5.74) is 8.93. The zero-order valence-corrected chi connectivity index (χ0v) is 12.7. The van der Waals surface area contributed by atoms with Crippen LogP contribution in [-0.2, 0) is 29.1 Å². The SMILES string of the molecule is CC(=O)Nc1ccc(CC(=O)N2Cc3cnc(N)nc3C2)cc1. The molecule has 2 amide bonds. The van der Waals surface area contributed by atoms with Crippen molar-refractivity contribution >= 4 is 23.5 Å². The molecule has 0 saturated carbocycles. The van der Waals surface area contributed by atoms with E-state index in [1.807, 2.05) is 12.1 Å². The quantitative estimate of drug-likeness (QED) is 0.884. The zero-order valence-electron chi connectivity index (χ0n) is 12.7. The number of carbonyl (C=O) groups excluding carboxylic acids is 2. The average molecular weight is 311 g/mol. The number of nitrogens with two attached hydrogens (primary N) is 1. The van der Waals surface area contributed by atoms with E-state index in [4.69, 9.17) is 5.73 Å². The maximum Gasteiger partial charge on any atom is 0.227 e. The lowest BCUT2D eigenvalue weighted by Crippen LogP contribution is -2.27. The monoisotopic (exact) mass is 311 g/mol. The third-order valence-corrected chi connectivity index (χ3v) is 3.66. The van der Waals surface area contributed by atoms with Crippen molar-refractivity contribution in [1.29, 1.82) is 0 Å². The number of aromatic nitrogens is 2. The predicted molar refractivity (Wildman–Crippen MR) is 85.1 cm³/mol. The molecule has 7 nitrogen and oxygen atoms in total. The van der Waals surface area contributed by atoms with Crippen LogP contribution in [0.3, 0.4) is 0 Å². The number of nitrogen functional groups attached to an aromatic ring is 1. The molecule has 1 aromatic carbocycles. The van der Waals surface area contributed by atoms with E-state index >= 15 is 0 Å². The molecule has 0 unspecified atom stereocenters. The van der Waals surface area contributed by atoms with Crippen molar-refractivity contribution in [2.24, 2.45) is 0 Å². The predicted octanol–water partition coefficient (Wildman–Crippen LogP) is 1.10. The van der Waals surface area contributed by atoms with E-state index in [-0.39, 0.29) is 17.8 Å². The summed E-state index contributed by atoms with van der Waals surface area (Å²) in [6.07, 6.45) is 1.98. The number of hydrogen-bond donors (Lipinski definition) is 2. The Hall–Kier alpha value is -2.96. The van der Waals surface area contributed by atoms with Crippen LogP contribution in [0.4, 0.5) is 11.6 Å². The Balaban J connectivity index is 1.63. The van der Waals surface area contributed by atoms with Crippen molar-refractivity contribution in [3.63, 3.8) is 0 Å². The van der Waals surface area contributed by atoms with Crippen LogP contribution in [0.5, 0.6) is 0 Å². The molecule has 2 heterocycles. The third-order valence-electron chi connectivity index (χ3n) is 3.66. The van der Waals surface area contributed by atoms with Gasteiger partial charge >= 0.3 is 0 Å². The van der Waals surface area contributed by atoms with Gasteiger partial charge in [0.15, 0.2) is 0 Å². The molecule has 7 heteroatoms. The normalized spacial score (nSPS) is 12.8. The van der Waals surface area contributed by atoms with Crippen molar-refractivity contribution in [3.8, 4) is 0 Å². The number of amides is 2. The van der Waals surface area contributed by atoms with Gasteiger partial charge in [-0.05, 0) is 17.7 Å². The Bertz CT molecular complexity index is 758. The minimum atomic E-state index is -0.121. The van der Waals surface area contributed by atoms with Crippen LogP contribution in [0.1, 0.15) is 23.7 Å². The van der Waals surface area contributed by atoms with E-state index in [0.717, 1.165) is 16.8 Å². The summed E-state index contributed by atoms with van der Waals surface area (Å²) in [6, 6.07) is 7.25. The number of benzene rings is 1. The number of anilines is 2. The molecule has 3 N–H and O–H groups in total. The molecule has 2 aromatic rings. The van der Waals surface area contributed by atoms with Gasteiger partial charge in [-0.1, -0.05) is 12.1 Å². The smallest absolute Gasteiger partial charge is 0.227 e. The van der Waals surface area contributed by atoms with Crippen molar-refractivity contribution in [1.82, 2.24) is 14.9 Å². The van der Waals surface area contributed by atoms with E-state index in [1.165, 1.54) is 6.92 Å². The van der Waals surface area contributed by atoms with Crippen LogP contribution in [-0.4, -0.2) is 26.7 Å². The van der Waals surface area contributed by atoms with Crippen LogP contribution < -0.4 is 11.1 Å². The van der Waals surface area contributed by atoms with Gasteiger partial charge in [0, 0.05) is 30.9 Å². The molecule has 118 valence electrons. The number of hydrogen-bond acceptors (Lipinski definition) is 5. The minimum Gasteiger partial charge on any atom is -0.368 e. The number of fused-ring (bicyclic) bond motifs is 1. The van der Waals surface area contributed by atoms with Gasteiger partial charge in [-0.25, -0.2) is 9.97 Å². The standard InChI is InChI=1S/C16H17N5O2/c1-10(22)19-13-4-2-11(3-5-13)6-15(23)21-8-12-7-18-16(17)20-14(12)9-21/h2-5,7H,6,8-9H2,1H3,(H,19,22)(H2,17,18,20). The van der Waals surface area contributed by atoms with Crippen molar-refractivity contribution in [2.75, 3.05) is 11.1 Å². The molecule has 23 heavy (non-hydrogen) atoms. The largest absolute Gasteiger partial charge is 0.368 e. The fourth-order valence-corrected chi connectivity index (χ4v) is 2.54. The molecule has 1 aliphatic heterocycles. The van der Waals surface area contributed by atoms with Crippen molar-refractivity contribution in [3.05, 3.63) is 47.3 Å². The van der Waals surface area contributed by atoms with Crippen molar-refractivity contribution in [2.45, 2.75) is 26.4 Å². The number of nitrogens with one attached hydrogen (secondary N) is 1. The molecule has 3 rings (SSSR count). The first kappa shape index (κ1) is 15.0. The van der Waals surface area contributed by atoms with E-state index in [9.17, 15) is 9.59 Å². The number of nitrogens with zero attached hydrogens (tertiary/aromatic N) is 3. The topological polar surface area (TPSA) is 101 Å². The molecular formula is C16H17N5O2. The molecule has 0 spiro atoms. The maximum absolute atomic E-state index is 12.4. The fraction of sp³-hybridized carbons (Fsp3) is 0.250. The Morgan fingerprint density at radius 2 is 2.00 bits per heavy atom. The molecule has 0 saturated heterocycles. The van der Waals surface area contributed by atoms with Gasteiger partial charge in [0.25, 0.3) is 0 Å². The van der Waals surface area contributed by atoms with Gasteiger partial charge < -0.3 is 16.0 Å². The summed E-state index contributed by atoms with van der Waals surface area (Å²) in [6.45, 7) is 2.43. The van der Waals surface area contributed by atoms with Gasteiger partial charge in [0.2, 0.25) is 17.8 Å². The second-order valence-electron chi connectivity index (χ2n) is 5.50. The van der Waals surface area contributed by atoms with E-state index < -0.39 is 0 Å². The summed E-state index contributed by atoms with van der Waals surface area (Å²) in [7, 11) is 0.